The minimum absolute atomic E-state index is 0.126. The molecule has 1 aliphatic heterocycles. The van der Waals surface area contributed by atoms with Gasteiger partial charge in [0.05, 0.1) is 10.1 Å². The van der Waals surface area contributed by atoms with Crippen LogP contribution in [0.3, 0.4) is 0 Å². The number of hydrogen-bond acceptors (Lipinski definition) is 2. The van der Waals surface area contributed by atoms with Crippen LogP contribution in [-0.2, 0) is 9.84 Å². The van der Waals surface area contributed by atoms with Gasteiger partial charge in [-0.25, -0.2) is 8.42 Å². The molecule has 0 saturated heterocycles. The second-order valence-corrected chi connectivity index (χ2v) is 5.85. The summed E-state index contributed by atoms with van der Waals surface area (Å²) in [4.78, 5) is 0.523. The molecule has 0 radical (unpaired) electrons. The predicted molar refractivity (Wildman–Crippen MR) is 51.5 cm³/mol. The van der Waals surface area contributed by atoms with Crippen molar-refractivity contribution in [2.75, 3.05) is 0 Å². The molecule has 1 aromatic carbocycles. The van der Waals surface area contributed by atoms with Gasteiger partial charge >= 0.3 is 0 Å². The van der Waals surface area contributed by atoms with E-state index in [9.17, 15) is 8.42 Å². The Morgan fingerprint density at radius 1 is 1.15 bits per heavy atom. The van der Waals surface area contributed by atoms with Gasteiger partial charge in [-0.05, 0) is 24.5 Å². The topological polar surface area (TPSA) is 34.1 Å². The Bertz CT molecular complexity index is 434. The van der Waals surface area contributed by atoms with Crippen LogP contribution in [0.1, 0.15) is 25.3 Å². The van der Waals surface area contributed by atoms with Gasteiger partial charge in [0, 0.05) is 0 Å². The van der Waals surface area contributed by atoms with E-state index in [1.807, 2.05) is 19.1 Å². The SMILES string of the molecule is C[C@H]1c2ccccc2S(=O)(=O)[C@H]1C. The van der Waals surface area contributed by atoms with Gasteiger partial charge in [0.15, 0.2) is 9.84 Å². The minimum Gasteiger partial charge on any atom is -0.223 e. The first-order valence-corrected chi connectivity index (χ1v) is 5.92. The third-order valence-electron chi connectivity index (χ3n) is 2.91. The largest absolute Gasteiger partial charge is 0.223 e. The molecule has 2 rings (SSSR count). The van der Waals surface area contributed by atoms with Crippen LogP contribution >= 0.6 is 0 Å². The summed E-state index contributed by atoms with van der Waals surface area (Å²) in [7, 11) is -3.03. The van der Waals surface area contributed by atoms with E-state index in [0.717, 1.165) is 5.56 Å². The highest BCUT2D eigenvalue weighted by atomic mass is 32.2. The quantitative estimate of drug-likeness (QED) is 0.635. The Kier molecular flexibility index (Phi) is 1.74. The molecular weight excluding hydrogens is 184 g/mol. The lowest BCUT2D eigenvalue weighted by molar-refractivity contribution is 0.584. The van der Waals surface area contributed by atoms with E-state index >= 15 is 0 Å². The fourth-order valence-electron chi connectivity index (χ4n) is 1.84. The lowest BCUT2D eigenvalue weighted by Gasteiger charge is -2.06. The second-order valence-electron chi connectivity index (χ2n) is 3.58. The van der Waals surface area contributed by atoms with Crippen molar-refractivity contribution in [3.8, 4) is 0 Å². The Morgan fingerprint density at radius 2 is 1.77 bits per heavy atom. The summed E-state index contributed by atoms with van der Waals surface area (Å²) in [5.74, 6) is 0.126. The molecule has 0 N–H and O–H groups in total. The summed E-state index contributed by atoms with van der Waals surface area (Å²) in [6, 6.07) is 7.27. The van der Waals surface area contributed by atoms with Crippen LogP contribution in [0.4, 0.5) is 0 Å². The average Bonchev–Trinajstić information content (AvgIpc) is 2.30. The van der Waals surface area contributed by atoms with E-state index < -0.39 is 9.84 Å². The zero-order valence-electron chi connectivity index (χ0n) is 7.69. The van der Waals surface area contributed by atoms with E-state index in [-0.39, 0.29) is 11.2 Å². The Balaban J connectivity index is 2.76. The van der Waals surface area contributed by atoms with E-state index in [0.29, 0.717) is 4.90 Å². The molecular formula is C10H12O2S. The molecule has 3 heteroatoms. The molecule has 0 aliphatic carbocycles. The molecule has 0 fully saturated rings. The van der Waals surface area contributed by atoms with Gasteiger partial charge in [-0.2, -0.15) is 0 Å². The minimum atomic E-state index is -3.03. The van der Waals surface area contributed by atoms with Crippen LogP contribution < -0.4 is 0 Å². The molecule has 2 atom stereocenters. The first-order chi connectivity index (χ1) is 6.05. The first kappa shape index (κ1) is 8.75. The third kappa shape index (κ3) is 1.03. The second kappa shape index (κ2) is 2.58. The van der Waals surface area contributed by atoms with Gasteiger partial charge in [-0.15, -0.1) is 0 Å². The van der Waals surface area contributed by atoms with Gasteiger partial charge in [0.2, 0.25) is 0 Å². The smallest absolute Gasteiger partial charge is 0.181 e. The van der Waals surface area contributed by atoms with Crippen LogP contribution in [0.25, 0.3) is 0 Å². The molecule has 1 aliphatic rings. The number of rotatable bonds is 0. The van der Waals surface area contributed by atoms with Crippen molar-refractivity contribution in [3.63, 3.8) is 0 Å². The molecule has 0 spiro atoms. The highest BCUT2D eigenvalue weighted by Crippen LogP contribution is 2.39. The Hall–Kier alpha value is -0.830. The maximum absolute atomic E-state index is 11.8. The summed E-state index contributed by atoms with van der Waals surface area (Å²) in [5, 5.41) is -0.273. The van der Waals surface area contributed by atoms with Crippen LogP contribution in [0.15, 0.2) is 29.2 Å². The third-order valence-corrected chi connectivity index (χ3v) is 5.28. The summed E-state index contributed by atoms with van der Waals surface area (Å²) in [6.07, 6.45) is 0. The molecule has 2 nitrogen and oxygen atoms in total. The lowest BCUT2D eigenvalue weighted by Crippen LogP contribution is -2.14. The van der Waals surface area contributed by atoms with Crippen molar-refractivity contribution in [2.45, 2.75) is 29.9 Å². The molecule has 0 aromatic heterocycles. The summed E-state index contributed by atoms with van der Waals surface area (Å²) in [5.41, 5.74) is 0.968. The van der Waals surface area contributed by atoms with Crippen molar-refractivity contribution >= 4 is 9.84 Å². The van der Waals surface area contributed by atoms with Gasteiger partial charge in [0.25, 0.3) is 0 Å². The molecule has 1 heterocycles. The van der Waals surface area contributed by atoms with Crippen molar-refractivity contribution in [1.82, 2.24) is 0 Å². The fraction of sp³-hybridized carbons (Fsp3) is 0.400. The lowest BCUT2D eigenvalue weighted by atomic mass is 9.99. The van der Waals surface area contributed by atoms with E-state index in [4.69, 9.17) is 0 Å². The highest BCUT2D eigenvalue weighted by molar-refractivity contribution is 7.92. The van der Waals surface area contributed by atoms with Crippen LogP contribution in [0.2, 0.25) is 0 Å². The van der Waals surface area contributed by atoms with Crippen LogP contribution in [-0.4, -0.2) is 13.7 Å². The zero-order valence-corrected chi connectivity index (χ0v) is 8.51. The van der Waals surface area contributed by atoms with Crippen LogP contribution in [0.5, 0.6) is 0 Å². The standard InChI is InChI=1S/C10H12O2S/c1-7-8(2)13(11,12)10-6-4-3-5-9(7)10/h3-8H,1-2H3/t7-,8+/m1/s1. The van der Waals surface area contributed by atoms with Crippen molar-refractivity contribution < 1.29 is 8.42 Å². The number of benzene rings is 1. The van der Waals surface area contributed by atoms with Crippen molar-refractivity contribution in [1.29, 1.82) is 0 Å². The normalized spacial score (nSPS) is 30.0. The Morgan fingerprint density at radius 3 is 2.38 bits per heavy atom. The highest BCUT2D eigenvalue weighted by Gasteiger charge is 2.38. The monoisotopic (exact) mass is 196 g/mol. The molecule has 0 unspecified atom stereocenters. The number of hydrogen-bond donors (Lipinski definition) is 0. The summed E-state index contributed by atoms with van der Waals surface area (Å²) in [6.45, 7) is 3.74. The summed E-state index contributed by atoms with van der Waals surface area (Å²) >= 11 is 0. The summed E-state index contributed by atoms with van der Waals surface area (Å²) < 4.78 is 23.6. The van der Waals surface area contributed by atoms with Crippen LogP contribution in [0, 0.1) is 0 Å². The zero-order chi connectivity index (χ0) is 9.64. The van der Waals surface area contributed by atoms with E-state index in [1.165, 1.54) is 0 Å². The van der Waals surface area contributed by atoms with Gasteiger partial charge in [-0.1, -0.05) is 25.1 Å². The Labute approximate surface area is 78.5 Å². The van der Waals surface area contributed by atoms with Crippen molar-refractivity contribution in [2.24, 2.45) is 0 Å². The number of sulfone groups is 1. The molecule has 0 saturated carbocycles. The predicted octanol–water partition coefficient (Wildman–Crippen LogP) is 1.97. The maximum Gasteiger partial charge on any atom is 0.181 e. The maximum atomic E-state index is 11.8. The fourth-order valence-corrected chi connectivity index (χ4v) is 3.77. The molecule has 70 valence electrons. The first-order valence-electron chi connectivity index (χ1n) is 4.38. The average molecular weight is 196 g/mol. The van der Waals surface area contributed by atoms with E-state index in [1.54, 1.807) is 19.1 Å². The number of fused-ring (bicyclic) bond motifs is 1. The van der Waals surface area contributed by atoms with Gasteiger partial charge < -0.3 is 0 Å². The molecule has 0 bridgehead atoms. The van der Waals surface area contributed by atoms with Crippen molar-refractivity contribution in [3.05, 3.63) is 29.8 Å². The van der Waals surface area contributed by atoms with Gasteiger partial charge in [0.1, 0.15) is 0 Å². The molecule has 13 heavy (non-hydrogen) atoms. The van der Waals surface area contributed by atoms with E-state index in [2.05, 4.69) is 0 Å². The van der Waals surface area contributed by atoms with Gasteiger partial charge in [-0.3, -0.25) is 0 Å². The molecule has 1 aromatic rings. The molecule has 0 amide bonds.